The summed E-state index contributed by atoms with van der Waals surface area (Å²) >= 11 is 0. The zero-order chi connectivity index (χ0) is 28.3. The molecule has 2 N–H and O–H groups in total. The van der Waals surface area contributed by atoms with Gasteiger partial charge in [-0.25, -0.2) is 4.98 Å². The summed E-state index contributed by atoms with van der Waals surface area (Å²) in [7, 11) is 0. The average Bonchev–Trinajstić information content (AvgIpc) is 3.62. The van der Waals surface area contributed by atoms with Crippen molar-refractivity contribution in [3.05, 3.63) is 118 Å². The van der Waals surface area contributed by atoms with Gasteiger partial charge in [0.2, 0.25) is 0 Å². The number of nitrogens with zero attached hydrogens (tertiary/aromatic N) is 2. The zero-order valence-corrected chi connectivity index (χ0v) is 22.8. The van der Waals surface area contributed by atoms with Crippen LogP contribution in [0.5, 0.6) is 0 Å². The van der Waals surface area contributed by atoms with Crippen LogP contribution in [0.4, 0.5) is 5.69 Å². The summed E-state index contributed by atoms with van der Waals surface area (Å²) in [5.74, 6) is 0.503. The molecule has 0 spiro atoms. The highest BCUT2D eigenvalue weighted by Gasteiger charge is 2.36. The molecule has 1 saturated heterocycles. The SMILES string of the molecule is CC(C)(C)C(=O)OC1NCC[C@H]1c1ncc(-c2ccc(C(=Cc3ccc([N+](=O)[O-])cc3)c3ccccc3)cc2)[nH]1. The molecule has 1 unspecified atom stereocenters. The molecule has 0 bridgehead atoms. The Labute approximate surface area is 233 Å². The van der Waals surface area contributed by atoms with E-state index in [2.05, 4.69) is 27.4 Å². The summed E-state index contributed by atoms with van der Waals surface area (Å²) in [5, 5.41) is 14.3. The van der Waals surface area contributed by atoms with E-state index < -0.39 is 16.6 Å². The van der Waals surface area contributed by atoms with Crippen LogP contribution in [0, 0.1) is 15.5 Å². The summed E-state index contributed by atoms with van der Waals surface area (Å²) in [6.07, 6.45) is 4.26. The fourth-order valence-electron chi connectivity index (χ4n) is 4.68. The number of imidazole rings is 1. The second-order valence-electron chi connectivity index (χ2n) is 11.0. The van der Waals surface area contributed by atoms with Crippen LogP contribution in [0.1, 0.15) is 55.6 Å². The Hall–Kier alpha value is -4.56. The Balaban J connectivity index is 1.39. The number of carbonyl (C=O) groups excluding carboxylic acids is 1. The van der Waals surface area contributed by atoms with Gasteiger partial charge in [0.25, 0.3) is 5.69 Å². The van der Waals surface area contributed by atoms with Crippen molar-refractivity contribution in [3.8, 4) is 11.3 Å². The monoisotopic (exact) mass is 536 g/mol. The number of aromatic nitrogens is 2. The van der Waals surface area contributed by atoms with Crippen LogP contribution in [0.3, 0.4) is 0 Å². The number of nitrogens with one attached hydrogen (secondary N) is 2. The number of non-ortho nitro benzene ring substituents is 1. The third-order valence-electron chi connectivity index (χ3n) is 6.97. The molecule has 8 heteroatoms. The molecule has 5 rings (SSSR count). The van der Waals surface area contributed by atoms with Crippen LogP contribution >= 0.6 is 0 Å². The lowest BCUT2D eigenvalue weighted by Gasteiger charge is -2.23. The van der Waals surface area contributed by atoms with Crippen molar-refractivity contribution in [2.75, 3.05) is 6.54 Å². The number of nitro benzene ring substituents is 1. The van der Waals surface area contributed by atoms with Crippen molar-refractivity contribution in [1.82, 2.24) is 15.3 Å². The third-order valence-corrected chi connectivity index (χ3v) is 6.97. The molecule has 1 fully saturated rings. The maximum Gasteiger partial charge on any atom is 0.312 e. The topological polar surface area (TPSA) is 110 Å². The Bertz CT molecular complexity index is 1520. The van der Waals surface area contributed by atoms with E-state index in [-0.39, 0.29) is 17.6 Å². The number of rotatable bonds is 7. The zero-order valence-electron chi connectivity index (χ0n) is 22.8. The smallest absolute Gasteiger partial charge is 0.312 e. The van der Waals surface area contributed by atoms with Crippen LogP contribution in [0.25, 0.3) is 22.9 Å². The molecule has 8 nitrogen and oxygen atoms in total. The maximum atomic E-state index is 12.4. The van der Waals surface area contributed by atoms with Crippen molar-refractivity contribution >= 4 is 23.3 Å². The highest BCUT2D eigenvalue weighted by Crippen LogP contribution is 2.32. The van der Waals surface area contributed by atoms with Crippen molar-refractivity contribution in [3.63, 3.8) is 0 Å². The fraction of sp³-hybridized carbons (Fsp3) is 0.250. The molecule has 40 heavy (non-hydrogen) atoms. The number of hydrogen-bond acceptors (Lipinski definition) is 6. The van der Waals surface area contributed by atoms with Crippen molar-refractivity contribution in [2.24, 2.45) is 5.41 Å². The average molecular weight is 537 g/mol. The molecular formula is C32H32N4O4. The van der Waals surface area contributed by atoms with E-state index >= 15 is 0 Å². The van der Waals surface area contributed by atoms with Gasteiger partial charge in [-0.1, -0.05) is 54.6 Å². The first kappa shape index (κ1) is 27.0. The minimum atomic E-state index is -0.573. The molecule has 204 valence electrons. The van der Waals surface area contributed by atoms with Gasteiger partial charge in [0, 0.05) is 12.1 Å². The van der Waals surface area contributed by atoms with Gasteiger partial charge in [-0.3, -0.25) is 20.2 Å². The minimum absolute atomic E-state index is 0.0476. The molecule has 3 aromatic carbocycles. The van der Waals surface area contributed by atoms with Gasteiger partial charge in [0.15, 0.2) is 6.23 Å². The Kier molecular flexibility index (Phi) is 7.62. The standard InChI is InChI=1S/C32H32N4O4/c1-32(2,3)31(37)40-30-26(17-18-33-30)29-34-20-28(35-29)24-13-11-23(12-14-24)27(22-7-5-4-6-8-22)19-21-9-15-25(16-10-21)36(38)39/h4-16,19-20,26,30,33H,17-18H2,1-3H3,(H,34,35)/t26-,30?/m0/s1. The van der Waals surface area contributed by atoms with Crippen molar-refractivity contribution in [1.29, 1.82) is 0 Å². The highest BCUT2D eigenvalue weighted by atomic mass is 16.6. The number of nitro groups is 1. The predicted molar refractivity (Wildman–Crippen MR) is 155 cm³/mol. The van der Waals surface area contributed by atoms with E-state index in [0.29, 0.717) is 0 Å². The van der Waals surface area contributed by atoms with Crippen LogP contribution in [0.2, 0.25) is 0 Å². The Morgan fingerprint density at radius 2 is 1.68 bits per heavy atom. The fourth-order valence-corrected chi connectivity index (χ4v) is 4.68. The number of carbonyl (C=O) groups is 1. The van der Waals surface area contributed by atoms with Gasteiger partial charge in [0.1, 0.15) is 5.82 Å². The first-order chi connectivity index (χ1) is 19.2. The second kappa shape index (κ2) is 11.3. The predicted octanol–water partition coefficient (Wildman–Crippen LogP) is 6.57. The third kappa shape index (κ3) is 6.02. The molecule has 2 heterocycles. The number of aromatic amines is 1. The van der Waals surface area contributed by atoms with Crippen LogP contribution in [0.15, 0.2) is 85.1 Å². The molecule has 4 aromatic rings. The number of ether oxygens (including phenoxy) is 1. The lowest BCUT2D eigenvalue weighted by atomic mass is 9.94. The Morgan fingerprint density at radius 1 is 1.00 bits per heavy atom. The summed E-state index contributed by atoms with van der Waals surface area (Å²) in [5.41, 5.74) is 5.30. The van der Waals surface area contributed by atoms with E-state index in [1.54, 1.807) is 12.1 Å². The molecule has 1 aliphatic rings. The van der Waals surface area contributed by atoms with Crippen LogP contribution < -0.4 is 5.32 Å². The largest absolute Gasteiger partial charge is 0.445 e. The van der Waals surface area contributed by atoms with Gasteiger partial charge in [-0.15, -0.1) is 0 Å². The molecule has 0 aliphatic carbocycles. The summed E-state index contributed by atoms with van der Waals surface area (Å²) < 4.78 is 5.76. The molecule has 1 aliphatic heterocycles. The number of benzene rings is 3. The van der Waals surface area contributed by atoms with Crippen LogP contribution in [-0.4, -0.2) is 33.6 Å². The molecule has 2 atom stereocenters. The number of esters is 1. The molecule has 1 aromatic heterocycles. The lowest BCUT2D eigenvalue weighted by Crippen LogP contribution is -2.36. The summed E-state index contributed by atoms with van der Waals surface area (Å²) in [4.78, 5) is 31.2. The maximum absolute atomic E-state index is 12.4. The normalized spacial score (nSPS) is 17.5. The van der Waals surface area contributed by atoms with Crippen molar-refractivity contribution < 1.29 is 14.5 Å². The molecule has 0 amide bonds. The quantitative estimate of drug-likeness (QED) is 0.120. The van der Waals surface area contributed by atoms with Gasteiger partial charge in [0.05, 0.1) is 28.1 Å². The van der Waals surface area contributed by atoms with E-state index in [0.717, 1.165) is 52.3 Å². The first-order valence-corrected chi connectivity index (χ1v) is 13.3. The van der Waals surface area contributed by atoms with Gasteiger partial charge in [-0.2, -0.15) is 0 Å². The number of hydrogen-bond donors (Lipinski definition) is 2. The molecule has 0 saturated carbocycles. The minimum Gasteiger partial charge on any atom is -0.445 e. The molecular weight excluding hydrogens is 504 g/mol. The van der Waals surface area contributed by atoms with E-state index in [1.165, 1.54) is 12.1 Å². The van der Waals surface area contributed by atoms with Crippen LogP contribution in [-0.2, 0) is 9.53 Å². The summed E-state index contributed by atoms with van der Waals surface area (Å²) in [6, 6.07) is 24.8. The first-order valence-electron chi connectivity index (χ1n) is 13.3. The second-order valence-corrected chi connectivity index (χ2v) is 11.0. The molecule has 0 radical (unpaired) electrons. The number of H-pyrrole nitrogens is 1. The van der Waals surface area contributed by atoms with Gasteiger partial charge < -0.3 is 9.72 Å². The van der Waals surface area contributed by atoms with E-state index in [4.69, 9.17) is 4.74 Å². The van der Waals surface area contributed by atoms with Crippen molar-refractivity contribution in [2.45, 2.75) is 39.3 Å². The Morgan fingerprint density at radius 3 is 2.33 bits per heavy atom. The summed E-state index contributed by atoms with van der Waals surface area (Å²) in [6.45, 7) is 6.29. The van der Waals surface area contributed by atoms with E-state index in [9.17, 15) is 14.9 Å². The van der Waals surface area contributed by atoms with Gasteiger partial charge in [-0.05, 0) is 79.8 Å². The lowest BCUT2D eigenvalue weighted by molar-refractivity contribution is -0.384. The van der Waals surface area contributed by atoms with Gasteiger partial charge >= 0.3 is 5.97 Å². The van der Waals surface area contributed by atoms with E-state index in [1.807, 2.05) is 75.5 Å². The highest BCUT2D eigenvalue weighted by molar-refractivity contribution is 5.91.